The Morgan fingerprint density at radius 1 is 1.33 bits per heavy atom. The lowest BCUT2D eigenvalue weighted by molar-refractivity contribution is 0.553. The van der Waals surface area contributed by atoms with Crippen molar-refractivity contribution in [1.29, 1.82) is 0 Å². The number of nitrogens with one attached hydrogen (secondary N) is 1. The number of aromatic nitrogens is 2. The molecule has 0 radical (unpaired) electrons. The molecule has 0 saturated heterocycles. The van der Waals surface area contributed by atoms with Crippen molar-refractivity contribution in [3.05, 3.63) is 53.6 Å². The van der Waals surface area contributed by atoms with Crippen molar-refractivity contribution >= 4 is 0 Å². The van der Waals surface area contributed by atoms with E-state index in [-0.39, 0.29) is 6.04 Å². The third kappa shape index (κ3) is 2.62. The standard InChI is InChI=1S/C15H21N3/c1-4-9-16-14(15-17-10-11-18(15)3)13-8-6-5-7-12(13)2/h5-8,10-11,14,16H,4,9H2,1-3H3. The van der Waals surface area contributed by atoms with Gasteiger partial charge in [-0.1, -0.05) is 31.2 Å². The summed E-state index contributed by atoms with van der Waals surface area (Å²) in [6.45, 7) is 5.32. The number of benzene rings is 1. The lowest BCUT2D eigenvalue weighted by atomic mass is 10.0. The molecule has 2 rings (SSSR count). The predicted octanol–water partition coefficient (Wildman–Crippen LogP) is 2.82. The van der Waals surface area contributed by atoms with Crippen LogP contribution in [0.1, 0.15) is 36.3 Å². The third-order valence-electron chi connectivity index (χ3n) is 3.21. The Balaban J connectivity index is 2.37. The van der Waals surface area contributed by atoms with Crippen molar-refractivity contribution in [3.63, 3.8) is 0 Å². The molecule has 1 heterocycles. The molecular formula is C15H21N3. The fourth-order valence-electron chi connectivity index (χ4n) is 2.19. The quantitative estimate of drug-likeness (QED) is 0.875. The normalized spacial score (nSPS) is 12.6. The number of rotatable bonds is 5. The van der Waals surface area contributed by atoms with Crippen LogP contribution in [0.4, 0.5) is 0 Å². The molecule has 1 aromatic carbocycles. The van der Waals surface area contributed by atoms with E-state index in [4.69, 9.17) is 0 Å². The van der Waals surface area contributed by atoms with Crippen molar-refractivity contribution in [2.24, 2.45) is 7.05 Å². The summed E-state index contributed by atoms with van der Waals surface area (Å²) in [7, 11) is 2.04. The van der Waals surface area contributed by atoms with E-state index in [9.17, 15) is 0 Å². The van der Waals surface area contributed by atoms with Gasteiger partial charge in [-0.25, -0.2) is 4.98 Å². The molecule has 1 atom stereocenters. The average Bonchev–Trinajstić information content (AvgIpc) is 2.78. The largest absolute Gasteiger partial charge is 0.336 e. The SMILES string of the molecule is CCCNC(c1ccccc1C)c1nccn1C. The van der Waals surface area contributed by atoms with Gasteiger partial charge in [0.15, 0.2) is 0 Å². The molecule has 0 aliphatic rings. The Bertz CT molecular complexity index is 502. The highest BCUT2D eigenvalue weighted by atomic mass is 15.1. The van der Waals surface area contributed by atoms with Gasteiger partial charge in [-0.3, -0.25) is 0 Å². The van der Waals surface area contributed by atoms with Gasteiger partial charge in [-0.2, -0.15) is 0 Å². The number of aryl methyl sites for hydroxylation is 2. The minimum Gasteiger partial charge on any atom is -0.336 e. The molecule has 2 aromatic rings. The van der Waals surface area contributed by atoms with E-state index < -0.39 is 0 Å². The highest BCUT2D eigenvalue weighted by molar-refractivity contribution is 5.32. The number of imidazole rings is 1. The lowest BCUT2D eigenvalue weighted by Gasteiger charge is -2.20. The Morgan fingerprint density at radius 3 is 2.72 bits per heavy atom. The van der Waals surface area contributed by atoms with Gasteiger partial charge in [-0.15, -0.1) is 0 Å². The van der Waals surface area contributed by atoms with Crippen LogP contribution in [0.25, 0.3) is 0 Å². The van der Waals surface area contributed by atoms with Crippen LogP contribution in [0.15, 0.2) is 36.7 Å². The number of hydrogen-bond acceptors (Lipinski definition) is 2. The molecule has 1 unspecified atom stereocenters. The molecular weight excluding hydrogens is 222 g/mol. The summed E-state index contributed by atoms with van der Waals surface area (Å²) in [4.78, 5) is 4.49. The van der Waals surface area contributed by atoms with Crippen molar-refractivity contribution in [3.8, 4) is 0 Å². The topological polar surface area (TPSA) is 29.9 Å². The van der Waals surface area contributed by atoms with E-state index >= 15 is 0 Å². The second-order valence-corrected chi connectivity index (χ2v) is 4.64. The Morgan fingerprint density at radius 2 is 2.11 bits per heavy atom. The maximum Gasteiger partial charge on any atom is 0.130 e. The van der Waals surface area contributed by atoms with Crippen LogP contribution in [0.5, 0.6) is 0 Å². The van der Waals surface area contributed by atoms with E-state index in [1.165, 1.54) is 11.1 Å². The fourth-order valence-corrected chi connectivity index (χ4v) is 2.19. The summed E-state index contributed by atoms with van der Waals surface area (Å²) in [5, 5.41) is 3.59. The third-order valence-corrected chi connectivity index (χ3v) is 3.21. The maximum absolute atomic E-state index is 4.49. The fraction of sp³-hybridized carbons (Fsp3) is 0.400. The minimum atomic E-state index is 0.172. The molecule has 96 valence electrons. The van der Waals surface area contributed by atoms with Crippen LogP contribution in [-0.2, 0) is 7.05 Å². The van der Waals surface area contributed by atoms with Gasteiger partial charge in [0.2, 0.25) is 0 Å². The van der Waals surface area contributed by atoms with Gasteiger partial charge in [0.05, 0.1) is 6.04 Å². The maximum atomic E-state index is 4.49. The zero-order valence-corrected chi connectivity index (χ0v) is 11.4. The highest BCUT2D eigenvalue weighted by Crippen LogP contribution is 2.23. The van der Waals surface area contributed by atoms with Gasteiger partial charge in [-0.05, 0) is 31.0 Å². The Labute approximate surface area is 109 Å². The number of nitrogens with zero attached hydrogens (tertiary/aromatic N) is 2. The zero-order valence-electron chi connectivity index (χ0n) is 11.4. The first-order valence-corrected chi connectivity index (χ1v) is 6.50. The smallest absolute Gasteiger partial charge is 0.130 e. The van der Waals surface area contributed by atoms with Gasteiger partial charge in [0.25, 0.3) is 0 Å². The zero-order chi connectivity index (χ0) is 13.0. The molecule has 0 aliphatic carbocycles. The van der Waals surface area contributed by atoms with E-state index in [1.807, 2.05) is 19.4 Å². The molecule has 0 fully saturated rings. The molecule has 0 saturated carbocycles. The summed E-state index contributed by atoms with van der Waals surface area (Å²) in [6.07, 6.45) is 4.97. The lowest BCUT2D eigenvalue weighted by Crippen LogP contribution is -2.26. The van der Waals surface area contributed by atoms with Crippen molar-refractivity contribution < 1.29 is 0 Å². The first kappa shape index (κ1) is 12.8. The molecule has 0 bridgehead atoms. The van der Waals surface area contributed by atoms with Crippen LogP contribution in [0.2, 0.25) is 0 Å². The van der Waals surface area contributed by atoms with Crippen LogP contribution >= 0.6 is 0 Å². The van der Waals surface area contributed by atoms with Gasteiger partial charge < -0.3 is 9.88 Å². The Kier molecular flexibility index (Phi) is 4.15. The van der Waals surface area contributed by atoms with Gasteiger partial charge in [0.1, 0.15) is 5.82 Å². The molecule has 1 aromatic heterocycles. The second-order valence-electron chi connectivity index (χ2n) is 4.64. The minimum absolute atomic E-state index is 0.172. The molecule has 18 heavy (non-hydrogen) atoms. The molecule has 0 spiro atoms. The molecule has 0 amide bonds. The molecule has 0 aliphatic heterocycles. The molecule has 3 heteroatoms. The van der Waals surface area contributed by atoms with Crippen LogP contribution in [0.3, 0.4) is 0 Å². The van der Waals surface area contributed by atoms with Crippen molar-refractivity contribution in [2.75, 3.05) is 6.54 Å². The summed E-state index contributed by atoms with van der Waals surface area (Å²) in [6, 6.07) is 8.67. The molecule has 3 nitrogen and oxygen atoms in total. The van der Waals surface area contributed by atoms with E-state index in [0.29, 0.717) is 0 Å². The number of hydrogen-bond donors (Lipinski definition) is 1. The van der Waals surface area contributed by atoms with Crippen LogP contribution in [0, 0.1) is 6.92 Å². The summed E-state index contributed by atoms with van der Waals surface area (Å²) in [5.41, 5.74) is 2.61. The first-order chi connectivity index (χ1) is 8.74. The molecule has 1 N–H and O–H groups in total. The first-order valence-electron chi connectivity index (χ1n) is 6.50. The highest BCUT2D eigenvalue weighted by Gasteiger charge is 2.18. The van der Waals surface area contributed by atoms with E-state index in [1.54, 1.807) is 0 Å². The van der Waals surface area contributed by atoms with E-state index in [2.05, 4.69) is 53.0 Å². The summed E-state index contributed by atoms with van der Waals surface area (Å²) in [5.74, 6) is 1.07. The van der Waals surface area contributed by atoms with Crippen molar-refractivity contribution in [2.45, 2.75) is 26.3 Å². The van der Waals surface area contributed by atoms with Gasteiger partial charge in [0, 0.05) is 19.4 Å². The average molecular weight is 243 g/mol. The van der Waals surface area contributed by atoms with Crippen LogP contribution < -0.4 is 5.32 Å². The van der Waals surface area contributed by atoms with Crippen LogP contribution in [-0.4, -0.2) is 16.1 Å². The second kappa shape index (κ2) is 5.83. The monoisotopic (exact) mass is 243 g/mol. The van der Waals surface area contributed by atoms with E-state index in [0.717, 1.165) is 18.8 Å². The summed E-state index contributed by atoms with van der Waals surface area (Å²) < 4.78 is 2.08. The summed E-state index contributed by atoms with van der Waals surface area (Å²) >= 11 is 0. The Hall–Kier alpha value is -1.61. The predicted molar refractivity (Wildman–Crippen MR) is 74.5 cm³/mol. The van der Waals surface area contributed by atoms with Crippen molar-refractivity contribution in [1.82, 2.24) is 14.9 Å². The van der Waals surface area contributed by atoms with Gasteiger partial charge >= 0.3 is 0 Å².